The van der Waals surface area contributed by atoms with Crippen molar-refractivity contribution in [3.8, 4) is 6.19 Å². The molecule has 0 aromatic carbocycles. The van der Waals surface area contributed by atoms with E-state index in [1.54, 1.807) is 0 Å². The third-order valence-corrected chi connectivity index (χ3v) is 2.19. The highest BCUT2D eigenvalue weighted by atomic mass is 15.3. The molecule has 0 amide bonds. The van der Waals surface area contributed by atoms with Crippen LogP contribution in [0.25, 0.3) is 0 Å². The summed E-state index contributed by atoms with van der Waals surface area (Å²) in [6, 6.07) is 0.621. The Balaban J connectivity index is 2.31. The van der Waals surface area contributed by atoms with Gasteiger partial charge in [0.05, 0.1) is 0 Å². The summed E-state index contributed by atoms with van der Waals surface area (Å²) < 4.78 is 0. The second kappa shape index (κ2) is 3.59. The molecule has 1 saturated heterocycles. The molecule has 3 nitrogen and oxygen atoms in total. The van der Waals surface area contributed by atoms with Crippen LogP contribution in [0.5, 0.6) is 0 Å². The molecule has 0 saturated carbocycles. The van der Waals surface area contributed by atoms with Crippen LogP contribution < -0.4 is 0 Å². The molecule has 3 heteroatoms. The van der Waals surface area contributed by atoms with Crippen LogP contribution in [-0.2, 0) is 0 Å². The van der Waals surface area contributed by atoms with Crippen molar-refractivity contribution in [2.75, 3.05) is 26.2 Å². The summed E-state index contributed by atoms with van der Waals surface area (Å²) in [7, 11) is 0. The average molecular weight is 153 g/mol. The molecular formula is C8H15N3. The Bertz CT molecular complexity index is 151. The van der Waals surface area contributed by atoms with E-state index in [-0.39, 0.29) is 0 Å². The molecule has 1 fully saturated rings. The third kappa shape index (κ3) is 2.09. The molecule has 11 heavy (non-hydrogen) atoms. The van der Waals surface area contributed by atoms with Gasteiger partial charge in [0.25, 0.3) is 0 Å². The van der Waals surface area contributed by atoms with Gasteiger partial charge in [-0.1, -0.05) is 0 Å². The number of piperazine rings is 1. The van der Waals surface area contributed by atoms with Crippen LogP contribution >= 0.6 is 0 Å². The summed E-state index contributed by atoms with van der Waals surface area (Å²) in [5.74, 6) is 0. The van der Waals surface area contributed by atoms with E-state index in [2.05, 4.69) is 24.9 Å². The summed E-state index contributed by atoms with van der Waals surface area (Å²) in [4.78, 5) is 4.22. The number of rotatable bonds is 1. The molecule has 0 atom stereocenters. The third-order valence-electron chi connectivity index (χ3n) is 2.19. The molecule has 0 aromatic rings. The van der Waals surface area contributed by atoms with Gasteiger partial charge in [0.2, 0.25) is 0 Å². The Kier molecular flexibility index (Phi) is 2.72. The van der Waals surface area contributed by atoms with Crippen LogP contribution in [0.1, 0.15) is 13.8 Å². The fraction of sp³-hybridized carbons (Fsp3) is 0.875. The maximum atomic E-state index is 8.57. The molecule has 0 unspecified atom stereocenters. The first kappa shape index (κ1) is 8.35. The molecule has 1 aliphatic rings. The molecule has 0 aromatic heterocycles. The first-order valence-electron chi connectivity index (χ1n) is 4.13. The van der Waals surface area contributed by atoms with Crippen molar-refractivity contribution < 1.29 is 0 Å². The number of hydrogen-bond acceptors (Lipinski definition) is 3. The highest BCUT2D eigenvalue weighted by molar-refractivity contribution is 4.81. The van der Waals surface area contributed by atoms with E-state index >= 15 is 0 Å². The van der Waals surface area contributed by atoms with Crippen molar-refractivity contribution in [3.63, 3.8) is 0 Å². The minimum absolute atomic E-state index is 0.621. The number of nitriles is 1. The standard InChI is InChI=1S/C8H15N3/c1-8(2)11-5-3-10(7-9)4-6-11/h8H,3-6H2,1-2H3. The van der Waals surface area contributed by atoms with Gasteiger partial charge < -0.3 is 4.90 Å². The topological polar surface area (TPSA) is 30.3 Å². The maximum Gasteiger partial charge on any atom is 0.179 e. The zero-order valence-electron chi connectivity index (χ0n) is 7.25. The molecule has 62 valence electrons. The molecule has 0 aliphatic carbocycles. The van der Waals surface area contributed by atoms with Gasteiger partial charge in [-0.2, -0.15) is 5.26 Å². The van der Waals surface area contributed by atoms with E-state index in [1.165, 1.54) is 0 Å². The van der Waals surface area contributed by atoms with Crippen molar-refractivity contribution in [1.82, 2.24) is 9.80 Å². The Hall–Kier alpha value is -0.750. The van der Waals surface area contributed by atoms with Crippen molar-refractivity contribution in [2.45, 2.75) is 19.9 Å². The first-order chi connectivity index (χ1) is 5.24. The van der Waals surface area contributed by atoms with E-state index in [9.17, 15) is 0 Å². The molecular weight excluding hydrogens is 138 g/mol. The largest absolute Gasteiger partial charge is 0.308 e. The van der Waals surface area contributed by atoms with Gasteiger partial charge in [-0.25, -0.2) is 0 Å². The second-order valence-electron chi connectivity index (χ2n) is 3.22. The lowest BCUT2D eigenvalue weighted by Gasteiger charge is -2.34. The lowest BCUT2D eigenvalue weighted by atomic mass is 10.2. The average Bonchev–Trinajstić information content (AvgIpc) is 2.05. The Morgan fingerprint density at radius 2 is 1.73 bits per heavy atom. The van der Waals surface area contributed by atoms with Crippen LogP contribution in [0.15, 0.2) is 0 Å². The summed E-state index contributed by atoms with van der Waals surface area (Å²) in [6.07, 6.45) is 2.17. The van der Waals surface area contributed by atoms with Crippen LogP contribution in [0.3, 0.4) is 0 Å². The summed E-state index contributed by atoms with van der Waals surface area (Å²) in [6.45, 7) is 8.25. The van der Waals surface area contributed by atoms with Gasteiger partial charge in [-0.05, 0) is 13.8 Å². The lowest BCUT2D eigenvalue weighted by Crippen LogP contribution is -2.46. The zero-order valence-corrected chi connectivity index (χ0v) is 7.25. The summed E-state index contributed by atoms with van der Waals surface area (Å²) in [5.41, 5.74) is 0. The maximum absolute atomic E-state index is 8.57. The number of nitrogens with zero attached hydrogens (tertiary/aromatic N) is 3. The minimum atomic E-state index is 0.621. The van der Waals surface area contributed by atoms with E-state index < -0.39 is 0 Å². The minimum Gasteiger partial charge on any atom is -0.308 e. The smallest absolute Gasteiger partial charge is 0.179 e. The molecule has 1 heterocycles. The molecule has 0 spiro atoms. The van der Waals surface area contributed by atoms with Crippen molar-refractivity contribution in [2.24, 2.45) is 0 Å². The predicted octanol–water partition coefficient (Wildman–Crippen LogP) is 0.493. The quantitative estimate of drug-likeness (QED) is 0.514. The van der Waals surface area contributed by atoms with E-state index in [1.807, 2.05) is 4.90 Å². The normalized spacial score (nSPS) is 20.4. The SMILES string of the molecule is CC(C)N1CCN(C#N)CC1. The lowest BCUT2D eigenvalue weighted by molar-refractivity contribution is 0.142. The van der Waals surface area contributed by atoms with E-state index in [0.717, 1.165) is 26.2 Å². The van der Waals surface area contributed by atoms with Crippen molar-refractivity contribution >= 4 is 0 Å². The number of hydrogen-bond donors (Lipinski definition) is 0. The van der Waals surface area contributed by atoms with Gasteiger partial charge in [0.1, 0.15) is 0 Å². The van der Waals surface area contributed by atoms with Crippen molar-refractivity contribution in [1.29, 1.82) is 5.26 Å². The molecule has 0 N–H and O–H groups in total. The van der Waals surface area contributed by atoms with Crippen LogP contribution in [0.4, 0.5) is 0 Å². The molecule has 0 bridgehead atoms. The molecule has 1 aliphatic heterocycles. The van der Waals surface area contributed by atoms with Gasteiger partial charge >= 0.3 is 0 Å². The van der Waals surface area contributed by atoms with Crippen LogP contribution in [0, 0.1) is 11.5 Å². The van der Waals surface area contributed by atoms with Crippen LogP contribution in [0.2, 0.25) is 0 Å². The van der Waals surface area contributed by atoms with Crippen LogP contribution in [-0.4, -0.2) is 42.0 Å². The highest BCUT2D eigenvalue weighted by Crippen LogP contribution is 2.03. The highest BCUT2D eigenvalue weighted by Gasteiger charge is 2.16. The van der Waals surface area contributed by atoms with Gasteiger partial charge in [0.15, 0.2) is 6.19 Å². The zero-order chi connectivity index (χ0) is 8.27. The molecule has 0 radical (unpaired) electrons. The Morgan fingerprint density at radius 3 is 2.09 bits per heavy atom. The Labute approximate surface area is 68.2 Å². The second-order valence-corrected chi connectivity index (χ2v) is 3.22. The van der Waals surface area contributed by atoms with Gasteiger partial charge in [-0.15, -0.1) is 0 Å². The first-order valence-corrected chi connectivity index (χ1v) is 4.13. The monoisotopic (exact) mass is 153 g/mol. The van der Waals surface area contributed by atoms with Gasteiger partial charge in [0, 0.05) is 32.2 Å². The fourth-order valence-electron chi connectivity index (χ4n) is 1.34. The summed E-state index contributed by atoms with van der Waals surface area (Å²) in [5, 5.41) is 8.57. The predicted molar refractivity (Wildman–Crippen MR) is 43.9 cm³/mol. The molecule has 1 rings (SSSR count). The fourth-order valence-corrected chi connectivity index (χ4v) is 1.34. The Morgan fingerprint density at radius 1 is 1.18 bits per heavy atom. The van der Waals surface area contributed by atoms with Crippen molar-refractivity contribution in [3.05, 3.63) is 0 Å². The summed E-state index contributed by atoms with van der Waals surface area (Å²) >= 11 is 0. The van der Waals surface area contributed by atoms with E-state index in [0.29, 0.717) is 6.04 Å². The van der Waals surface area contributed by atoms with Gasteiger partial charge in [-0.3, -0.25) is 4.90 Å². The van der Waals surface area contributed by atoms with E-state index in [4.69, 9.17) is 5.26 Å².